The zero-order valence-corrected chi connectivity index (χ0v) is 17.0. The third-order valence-electron chi connectivity index (χ3n) is 4.54. The first kappa shape index (κ1) is 25.3. The molecule has 8 nitrogen and oxygen atoms in total. The van der Waals surface area contributed by atoms with E-state index in [4.69, 9.17) is 32.0 Å². The summed E-state index contributed by atoms with van der Waals surface area (Å²) in [4.78, 5) is 22.0. The Kier molecular flexibility index (Phi) is 11.1. The number of benzene rings is 1. The third-order valence-corrected chi connectivity index (χ3v) is 4.90. The molecule has 10 heteroatoms. The molecule has 164 valence electrons. The lowest BCUT2D eigenvalue weighted by molar-refractivity contribution is -0.165. The summed E-state index contributed by atoms with van der Waals surface area (Å²) < 4.78 is 13.1. The number of hydrogen-bond donors (Lipinski definition) is 5. The smallest absolute Gasteiger partial charge is 0.335 e. The molecule has 2 unspecified atom stereocenters. The van der Waals surface area contributed by atoms with Gasteiger partial charge in [0.15, 0.2) is 12.2 Å². The number of rotatable bonds is 9. The fraction of sp³-hybridized carbons (Fsp3) is 0.579. The summed E-state index contributed by atoms with van der Waals surface area (Å²) in [7, 11) is 0. The first-order chi connectivity index (χ1) is 13.7. The maximum atomic E-state index is 13.1. The van der Waals surface area contributed by atoms with Gasteiger partial charge in [0, 0.05) is 24.2 Å². The molecule has 1 heterocycles. The van der Waals surface area contributed by atoms with E-state index in [1.807, 2.05) is 0 Å². The Bertz CT molecular complexity index is 654. The number of aliphatic hydroxyl groups is 2. The van der Waals surface area contributed by atoms with Crippen LogP contribution < -0.4 is 5.32 Å². The molecule has 1 aromatic rings. The Labute approximate surface area is 173 Å². The predicted molar refractivity (Wildman–Crippen MR) is 105 cm³/mol. The number of carbonyl (C=O) groups is 2. The number of aliphatic hydroxyl groups excluding tert-OH is 2. The maximum absolute atomic E-state index is 13.1. The lowest BCUT2D eigenvalue weighted by Crippen LogP contribution is -2.39. The molecule has 0 aliphatic carbocycles. The summed E-state index contributed by atoms with van der Waals surface area (Å²) in [5.41, 5.74) is 1.02. The molecular formula is C19H28ClFN2O6. The average molecular weight is 435 g/mol. The summed E-state index contributed by atoms with van der Waals surface area (Å²) in [6.45, 7) is 6.23. The predicted octanol–water partition coefficient (Wildman–Crippen LogP) is 1.32. The topological polar surface area (TPSA) is 130 Å². The number of hydrogen-bond acceptors (Lipinski definition) is 6. The highest BCUT2D eigenvalue weighted by atomic mass is 35.5. The number of halogens is 2. The van der Waals surface area contributed by atoms with E-state index in [2.05, 4.69) is 17.1 Å². The maximum Gasteiger partial charge on any atom is 0.335 e. The summed E-state index contributed by atoms with van der Waals surface area (Å²) in [5, 5.41) is 36.5. The van der Waals surface area contributed by atoms with Gasteiger partial charge < -0.3 is 25.7 Å². The first-order valence-electron chi connectivity index (χ1n) is 9.37. The molecule has 0 spiro atoms. The first-order valence-corrected chi connectivity index (χ1v) is 9.75. The number of unbranched alkanes of at least 4 members (excludes halogenated alkanes) is 1. The van der Waals surface area contributed by atoms with Gasteiger partial charge in [-0.3, -0.25) is 4.90 Å². The lowest BCUT2D eigenvalue weighted by Gasteiger charge is -2.28. The second-order valence-corrected chi connectivity index (χ2v) is 7.18. The molecule has 0 bridgehead atoms. The van der Waals surface area contributed by atoms with Crippen LogP contribution in [0.1, 0.15) is 31.7 Å². The molecular weight excluding hydrogens is 407 g/mol. The largest absolute Gasteiger partial charge is 0.479 e. The van der Waals surface area contributed by atoms with Crippen molar-refractivity contribution in [2.45, 2.75) is 51.0 Å². The summed E-state index contributed by atoms with van der Waals surface area (Å²) >= 11 is 6.13. The van der Waals surface area contributed by atoms with E-state index < -0.39 is 24.1 Å². The van der Waals surface area contributed by atoms with Crippen molar-refractivity contribution in [1.82, 2.24) is 10.2 Å². The van der Waals surface area contributed by atoms with E-state index in [9.17, 15) is 14.0 Å². The van der Waals surface area contributed by atoms with E-state index in [0.29, 0.717) is 11.1 Å². The fourth-order valence-corrected chi connectivity index (χ4v) is 3.07. The molecule has 0 saturated carbocycles. The van der Waals surface area contributed by atoms with Gasteiger partial charge in [-0.2, -0.15) is 0 Å². The minimum atomic E-state index is -2.27. The standard InChI is InChI=1S/C15H22ClFN2.C4H6O6/c1-2-3-8-19(14-6-7-18-10-14)11-12-4-5-13(17)9-15(12)16;5-1(3(7)8)2(6)4(9)10/h4-5,9,14,18H,2-3,6-8,10-11H2,1H3;1-2,5-6H,(H,7,8)(H,9,10)/t14-;/m0./s1. The third kappa shape index (κ3) is 8.63. The Morgan fingerprint density at radius 3 is 2.34 bits per heavy atom. The van der Waals surface area contributed by atoms with Gasteiger partial charge in [0.1, 0.15) is 5.82 Å². The van der Waals surface area contributed by atoms with Crippen LogP contribution in [0.15, 0.2) is 18.2 Å². The van der Waals surface area contributed by atoms with Crippen LogP contribution in [0.5, 0.6) is 0 Å². The highest BCUT2D eigenvalue weighted by Crippen LogP contribution is 2.21. The SMILES string of the molecule is CCCCN(Cc1ccc(F)cc1Cl)[C@H]1CCNC1.O=C(O)C(O)C(O)C(=O)O. The van der Waals surface area contributed by atoms with Gasteiger partial charge in [0.05, 0.1) is 0 Å². The van der Waals surface area contributed by atoms with Crippen LogP contribution in [0.3, 0.4) is 0 Å². The van der Waals surface area contributed by atoms with Gasteiger partial charge in [-0.25, -0.2) is 14.0 Å². The molecule has 5 N–H and O–H groups in total. The van der Waals surface area contributed by atoms with Crippen molar-refractivity contribution in [3.05, 3.63) is 34.6 Å². The number of nitrogens with zero attached hydrogens (tertiary/aromatic N) is 1. The van der Waals surface area contributed by atoms with Crippen molar-refractivity contribution in [2.24, 2.45) is 0 Å². The molecule has 1 fully saturated rings. The van der Waals surface area contributed by atoms with Crippen molar-refractivity contribution < 1.29 is 34.4 Å². The second-order valence-electron chi connectivity index (χ2n) is 6.77. The number of carboxylic acids is 2. The molecule has 0 amide bonds. The van der Waals surface area contributed by atoms with Crippen LogP contribution in [0, 0.1) is 5.82 Å². The van der Waals surface area contributed by atoms with Crippen LogP contribution in [0.4, 0.5) is 4.39 Å². The molecule has 1 saturated heterocycles. The van der Waals surface area contributed by atoms with Crippen LogP contribution in [-0.4, -0.2) is 75.1 Å². The molecule has 1 aliphatic rings. The summed E-state index contributed by atoms with van der Waals surface area (Å²) in [5.74, 6) is -3.80. The zero-order chi connectivity index (χ0) is 22.0. The van der Waals surface area contributed by atoms with E-state index in [1.54, 1.807) is 6.07 Å². The Hall–Kier alpha value is -1.78. The van der Waals surface area contributed by atoms with Crippen molar-refractivity contribution in [1.29, 1.82) is 0 Å². The quantitative estimate of drug-likeness (QED) is 0.393. The molecule has 0 aromatic heterocycles. The number of carboxylic acid groups (broad SMARTS) is 2. The van der Waals surface area contributed by atoms with Gasteiger partial charge in [-0.05, 0) is 43.6 Å². The Balaban J connectivity index is 0.000000359. The monoisotopic (exact) mass is 434 g/mol. The molecule has 3 atom stereocenters. The molecule has 1 aliphatic heterocycles. The highest BCUT2D eigenvalue weighted by Gasteiger charge is 2.29. The van der Waals surface area contributed by atoms with Crippen molar-refractivity contribution in [3.8, 4) is 0 Å². The van der Waals surface area contributed by atoms with Crippen LogP contribution >= 0.6 is 11.6 Å². The number of nitrogens with one attached hydrogen (secondary N) is 1. The number of aliphatic carboxylic acids is 2. The van der Waals surface area contributed by atoms with Gasteiger partial charge in [0.25, 0.3) is 0 Å². The molecule has 0 radical (unpaired) electrons. The van der Waals surface area contributed by atoms with Crippen molar-refractivity contribution in [3.63, 3.8) is 0 Å². The average Bonchev–Trinajstić information content (AvgIpc) is 3.20. The highest BCUT2D eigenvalue weighted by molar-refractivity contribution is 6.31. The Morgan fingerprint density at radius 1 is 1.28 bits per heavy atom. The van der Waals surface area contributed by atoms with E-state index >= 15 is 0 Å². The van der Waals surface area contributed by atoms with Gasteiger partial charge in [-0.1, -0.05) is 31.0 Å². The minimum absolute atomic E-state index is 0.267. The van der Waals surface area contributed by atoms with Crippen molar-refractivity contribution in [2.75, 3.05) is 19.6 Å². The summed E-state index contributed by atoms with van der Waals surface area (Å²) in [6.07, 6.45) is -0.971. The second kappa shape index (κ2) is 12.7. The van der Waals surface area contributed by atoms with E-state index in [0.717, 1.165) is 31.7 Å². The fourth-order valence-electron chi connectivity index (χ4n) is 2.84. The minimum Gasteiger partial charge on any atom is -0.479 e. The summed E-state index contributed by atoms with van der Waals surface area (Å²) in [6, 6.07) is 5.28. The van der Waals surface area contributed by atoms with Crippen LogP contribution in [0.25, 0.3) is 0 Å². The van der Waals surface area contributed by atoms with Crippen molar-refractivity contribution >= 4 is 23.5 Å². The zero-order valence-electron chi connectivity index (χ0n) is 16.2. The van der Waals surface area contributed by atoms with Crippen LogP contribution in [-0.2, 0) is 16.1 Å². The Morgan fingerprint density at radius 2 is 1.90 bits per heavy atom. The van der Waals surface area contributed by atoms with Gasteiger partial charge >= 0.3 is 11.9 Å². The molecule has 2 rings (SSSR count). The molecule has 29 heavy (non-hydrogen) atoms. The van der Waals surface area contributed by atoms with E-state index in [1.165, 1.54) is 31.4 Å². The van der Waals surface area contributed by atoms with E-state index in [-0.39, 0.29) is 5.82 Å². The normalized spacial score (nSPS) is 18.1. The molecule has 1 aromatic carbocycles. The van der Waals surface area contributed by atoms with Gasteiger partial charge in [-0.15, -0.1) is 0 Å². The van der Waals surface area contributed by atoms with Gasteiger partial charge in [0.2, 0.25) is 0 Å². The van der Waals surface area contributed by atoms with Crippen LogP contribution in [0.2, 0.25) is 5.02 Å². The lowest BCUT2D eigenvalue weighted by atomic mass is 10.1.